The topological polar surface area (TPSA) is 53.4 Å². The normalized spacial score (nSPS) is 19.1. The van der Waals surface area contributed by atoms with Gasteiger partial charge in [0, 0.05) is 30.3 Å². The number of aliphatic hydroxyl groups excluding tert-OH is 1. The van der Waals surface area contributed by atoms with E-state index in [4.69, 9.17) is 0 Å². The van der Waals surface area contributed by atoms with Gasteiger partial charge in [-0.2, -0.15) is 0 Å². The molecule has 2 aromatic carbocycles. The van der Waals surface area contributed by atoms with Gasteiger partial charge in [-0.05, 0) is 36.5 Å². The second-order valence-electron chi connectivity index (χ2n) is 8.05. The lowest BCUT2D eigenvalue weighted by Crippen LogP contribution is -2.49. The van der Waals surface area contributed by atoms with Crippen LogP contribution < -0.4 is 0 Å². The fourth-order valence-corrected chi connectivity index (χ4v) is 4.98. The van der Waals surface area contributed by atoms with Crippen LogP contribution in [0.15, 0.2) is 60.0 Å². The van der Waals surface area contributed by atoms with Crippen molar-refractivity contribution in [1.82, 2.24) is 9.88 Å². The average molecular weight is 425 g/mol. The Balaban J connectivity index is 1.47. The maximum Gasteiger partial charge on any atom is 0.273 e. The van der Waals surface area contributed by atoms with Crippen molar-refractivity contribution in [3.05, 3.63) is 87.6 Å². The smallest absolute Gasteiger partial charge is 0.273 e. The molecule has 4 nitrogen and oxygen atoms in total. The molecule has 0 radical (unpaired) electrons. The maximum absolute atomic E-state index is 14.2. The van der Waals surface area contributed by atoms with Crippen molar-refractivity contribution in [3.63, 3.8) is 0 Å². The van der Waals surface area contributed by atoms with Crippen molar-refractivity contribution < 1.29 is 14.3 Å². The first-order valence-electron chi connectivity index (χ1n) is 10.2. The molecule has 0 saturated carbocycles. The molecule has 1 amide bonds. The minimum Gasteiger partial charge on any atom is -0.396 e. The molecule has 1 fully saturated rings. The van der Waals surface area contributed by atoms with E-state index in [1.54, 1.807) is 23.1 Å². The molecule has 4 rings (SSSR count). The number of rotatable bonds is 6. The van der Waals surface area contributed by atoms with Crippen molar-refractivity contribution in [2.45, 2.75) is 25.7 Å². The third kappa shape index (κ3) is 4.60. The lowest BCUT2D eigenvalue weighted by molar-refractivity contribution is 0.0265. The summed E-state index contributed by atoms with van der Waals surface area (Å²) >= 11 is 1.49. The van der Waals surface area contributed by atoms with E-state index >= 15 is 0 Å². The predicted molar refractivity (Wildman–Crippen MR) is 116 cm³/mol. The van der Waals surface area contributed by atoms with E-state index in [1.165, 1.54) is 17.4 Å². The maximum atomic E-state index is 14.2. The summed E-state index contributed by atoms with van der Waals surface area (Å²) < 4.78 is 14.2. The molecule has 6 heteroatoms. The second kappa shape index (κ2) is 9.06. The fourth-order valence-electron chi connectivity index (χ4n) is 4.18. The van der Waals surface area contributed by atoms with E-state index in [1.807, 2.05) is 35.7 Å². The van der Waals surface area contributed by atoms with Crippen LogP contribution >= 0.6 is 11.3 Å². The van der Waals surface area contributed by atoms with E-state index in [2.05, 4.69) is 4.98 Å². The number of halogens is 1. The zero-order chi connectivity index (χ0) is 21.0. The average Bonchev–Trinajstić information content (AvgIpc) is 3.24. The van der Waals surface area contributed by atoms with E-state index in [9.17, 15) is 14.3 Å². The number of thiazole rings is 1. The summed E-state index contributed by atoms with van der Waals surface area (Å²) in [6, 6.07) is 16.7. The van der Waals surface area contributed by atoms with Crippen LogP contribution in [-0.4, -0.2) is 40.6 Å². The molecule has 0 spiro atoms. The van der Waals surface area contributed by atoms with Gasteiger partial charge in [-0.3, -0.25) is 4.79 Å². The molecule has 3 aromatic rings. The Kier molecular flexibility index (Phi) is 6.25. The third-order valence-corrected chi connectivity index (χ3v) is 6.63. The minimum atomic E-state index is -0.529. The van der Waals surface area contributed by atoms with E-state index < -0.39 is 5.41 Å². The predicted octanol–water partition coefficient (Wildman–Crippen LogP) is 4.33. The summed E-state index contributed by atoms with van der Waals surface area (Å²) in [6.45, 7) is 0.951. The van der Waals surface area contributed by atoms with E-state index in [-0.39, 0.29) is 18.3 Å². The van der Waals surface area contributed by atoms with Gasteiger partial charge >= 0.3 is 0 Å². The minimum absolute atomic E-state index is 0.0819. The zero-order valence-electron chi connectivity index (χ0n) is 16.8. The highest BCUT2D eigenvalue weighted by atomic mass is 32.1. The number of aliphatic hydroxyl groups is 1. The molecule has 1 N–H and O–H groups in total. The zero-order valence-corrected chi connectivity index (χ0v) is 17.6. The van der Waals surface area contributed by atoms with Gasteiger partial charge in [-0.1, -0.05) is 48.5 Å². The molecule has 1 saturated heterocycles. The number of hydrogen-bond donors (Lipinski definition) is 1. The standard InChI is InChI=1S/C24H25FN2O2S/c25-20-10-5-4-9-19(20)14-24(17-28)11-6-12-27(16-24)23(29)21-15-30-22(26-21)13-18-7-2-1-3-8-18/h1-5,7-10,15,28H,6,11-14,16-17H2/t24-/m0/s1. The summed E-state index contributed by atoms with van der Waals surface area (Å²) in [5.74, 6) is -0.379. The summed E-state index contributed by atoms with van der Waals surface area (Å²) in [6.07, 6.45) is 2.66. The number of piperidine rings is 1. The van der Waals surface area contributed by atoms with Crippen LogP contribution in [0.5, 0.6) is 0 Å². The Morgan fingerprint density at radius 1 is 1.17 bits per heavy atom. The molecule has 1 aromatic heterocycles. The summed E-state index contributed by atoms with van der Waals surface area (Å²) in [4.78, 5) is 19.4. The van der Waals surface area contributed by atoms with Gasteiger partial charge in [-0.25, -0.2) is 9.37 Å². The first-order chi connectivity index (χ1) is 14.6. The molecular weight excluding hydrogens is 399 g/mol. The van der Waals surface area contributed by atoms with Gasteiger partial charge in [0.2, 0.25) is 0 Å². The number of hydrogen-bond acceptors (Lipinski definition) is 4. The largest absolute Gasteiger partial charge is 0.396 e. The van der Waals surface area contributed by atoms with Gasteiger partial charge in [0.1, 0.15) is 11.5 Å². The van der Waals surface area contributed by atoms with Crippen LogP contribution in [0.25, 0.3) is 0 Å². The Morgan fingerprint density at radius 2 is 1.93 bits per heavy atom. The molecule has 1 aliphatic heterocycles. The van der Waals surface area contributed by atoms with Crippen LogP contribution in [0.1, 0.15) is 39.5 Å². The highest BCUT2D eigenvalue weighted by Gasteiger charge is 2.38. The Labute approximate surface area is 180 Å². The fraction of sp³-hybridized carbons (Fsp3) is 0.333. The molecule has 0 unspecified atom stereocenters. The van der Waals surface area contributed by atoms with E-state index in [0.29, 0.717) is 37.2 Å². The van der Waals surface area contributed by atoms with Gasteiger partial charge in [-0.15, -0.1) is 11.3 Å². The van der Waals surface area contributed by atoms with Crippen molar-refractivity contribution in [1.29, 1.82) is 0 Å². The van der Waals surface area contributed by atoms with Crippen LogP contribution in [-0.2, 0) is 12.8 Å². The lowest BCUT2D eigenvalue weighted by Gasteiger charge is -2.41. The molecule has 1 aliphatic rings. The lowest BCUT2D eigenvalue weighted by atomic mass is 9.75. The monoisotopic (exact) mass is 424 g/mol. The van der Waals surface area contributed by atoms with Crippen molar-refractivity contribution in [2.75, 3.05) is 19.7 Å². The molecule has 1 atom stereocenters. The summed E-state index contributed by atoms with van der Waals surface area (Å²) in [7, 11) is 0. The Bertz CT molecular complexity index is 1010. The summed E-state index contributed by atoms with van der Waals surface area (Å²) in [5, 5.41) is 12.9. The van der Waals surface area contributed by atoms with Gasteiger partial charge in [0.15, 0.2) is 0 Å². The number of carbonyl (C=O) groups excluding carboxylic acids is 1. The number of amides is 1. The van der Waals surface area contributed by atoms with Crippen LogP contribution in [0.4, 0.5) is 4.39 Å². The molecule has 0 bridgehead atoms. The van der Waals surface area contributed by atoms with Gasteiger partial charge in [0.05, 0.1) is 11.6 Å². The molecule has 156 valence electrons. The van der Waals surface area contributed by atoms with Crippen LogP contribution in [0, 0.1) is 11.2 Å². The number of aromatic nitrogens is 1. The first kappa shape index (κ1) is 20.7. The third-order valence-electron chi connectivity index (χ3n) is 5.78. The first-order valence-corrected chi connectivity index (χ1v) is 11.1. The molecule has 0 aliphatic carbocycles. The van der Waals surface area contributed by atoms with Crippen molar-refractivity contribution >= 4 is 17.2 Å². The number of carbonyl (C=O) groups is 1. The Morgan fingerprint density at radius 3 is 2.70 bits per heavy atom. The van der Waals surface area contributed by atoms with Crippen LogP contribution in [0.2, 0.25) is 0 Å². The number of benzene rings is 2. The highest BCUT2D eigenvalue weighted by Crippen LogP contribution is 2.34. The quantitative estimate of drug-likeness (QED) is 0.641. The highest BCUT2D eigenvalue weighted by molar-refractivity contribution is 7.09. The van der Waals surface area contributed by atoms with E-state index in [0.717, 1.165) is 23.4 Å². The molecule has 2 heterocycles. The van der Waals surface area contributed by atoms with Crippen molar-refractivity contribution in [2.24, 2.45) is 5.41 Å². The molecule has 30 heavy (non-hydrogen) atoms. The van der Waals surface area contributed by atoms with Crippen LogP contribution in [0.3, 0.4) is 0 Å². The number of nitrogens with zero attached hydrogens (tertiary/aromatic N) is 2. The summed E-state index contributed by atoms with van der Waals surface area (Å²) in [5.41, 5.74) is 1.66. The SMILES string of the molecule is O=C(c1csc(Cc2ccccc2)n1)N1CCC[C@](CO)(Cc2ccccc2F)C1. The van der Waals surface area contributed by atoms with Gasteiger partial charge in [0.25, 0.3) is 5.91 Å². The number of likely N-dealkylation sites (tertiary alicyclic amines) is 1. The Hall–Kier alpha value is -2.57. The molecular formula is C24H25FN2O2S. The van der Waals surface area contributed by atoms with Gasteiger partial charge < -0.3 is 10.0 Å². The van der Waals surface area contributed by atoms with Crippen molar-refractivity contribution in [3.8, 4) is 0 Å². The second-order valence-corrected chi connectivity index (χ2v) is 8.99.